The molecule has 4 nitrogen and oxygen atoms in total. The minimum absolute atomic E-state index is 0.0490. The number of alkyl halides is 3. The van der Waals surface area contributed by atoms with Crippen LogP contribution >= 0.6 is 0 Å². The quantitative estimate of drug-likeness (QED) is 0.909. The number of hydrogen-bond acceptors (Lipinski definition) is 3. The highest BCUT2D eigenvalue weighted by atomic mass is 19.4. The van der Waals surface area contributed by atoms with Crippen molar-refractivity contribution >= 4 is 11.6 Å². The lowest BCUT2D eigenvalue weighted by Gasteiger charge is -2.19. The van der Waals surface area contributed by atoms with Crippen LogP contribution in [0.25, 0.3) is 0 Å². The van der Waals surface area contributed by atoms with Gasteiger partial charge in [-0.1, -0.05) is 0 Å². The van der Waals surface area contributed by atoms with Gasteiger partial charge in [0, 0.05) is 25.8 Å². The molecule has 0 bridgehead atoms. The molecule has 1 amide bonds. The van der Waals surface area contributed by atoms with Crippen LogP contribution in [0.5, 0.6) is 0 Å². The van der Waals surface area contributed by atoms with Crippen molar-refractivity contribution in [1.29, 1.82) is 5.26 Å². The van der Waals surface area contributed by atoms with E-state index in [9.17, 15) is 18.0 Å². The first-order valence-electron chi connectivity index (χ1n) is 6.38. The van der Waals surface area contributed by atoms with E-state index in [1.165, 1.54) is 18.0 Å². The van der Waals surface area contributed by atoms with Gasteiger partial charge in [-0.2, -0.15) is 18.4 Å². The van der Waals surface area contributed by atoms with Gasteiger partial charge in [-0.3, -0.25) is 4.79 Å². The molecule has 114 valence electrons. The molecule has 0 atom stereocenters. The number of nitrogens with zero attached hydrogens (tertiary/aromatic N) is 2. The van der Waals surface area contributed by atoms with Crippen LogP contribution in [0.4, 0.5) is 18.9 Å². The molecule has 0 heterocycles. The third-order valence-corrected chi connectivity index (χ3v) is 2.85. The zero-order chi connectivity index (χ0) is 16.0. The lowest BCUT2D eigenvalue weighted by atomic mass is 10.1. The van der Waals surface area contributed by atoms with Crippen molar-refractivity contribution in [2.45, 2.75) is 19.5 Å². The van der Waals surface area contributed by atoms with Gasteiger partial charge in [-0.25, -0.2) is 0 Å². The fourth-order valence-corrected chi connectivity index (χ4v) is 1.77. The number of hydrogen-bond donors (Lipinski definition) is 1. The number of carbonyl (C=O) groups is 1. The molecule has 0 aliphatic heterocycles. The topological polar surface area (TPSA) is 56.1 Å². The maximum atomic E-state index is 12.8. The standard InChI is InChI=1S/C14H16F3N3O/c1-3-19-12-6-5-10(14(15,16)17)9-11(12)13(21)20(2)8-4-7-18/h5-6,9,19H,3-4,8H2,1-2H3. The minimum atomic E-state index is -4.51. The second-order valence-electron chi connectivity index (χ2n) is 4.42. The van der Waals surface area contributed by atoms with E-state index >= 15 is 0 Å². The summed E-state index contributed by atoms with van der Waals surface area (Å²) in [7, 11) is 1.45. The van der Waals surface area contributed by atoms with Crippen molar-refractivity contribution in [3.63, 3.8) is 0 Å². The van der Waals surface area contributed by atoms with Gasteiger partial charge in [0.05, 0.1) is 23.6 Å². The highest BCUT2D eigenvalue weighted by Crippen LogP contribution is 2.32. The highest BCUT2D eigenvalue weighted by Gasteiger charge is 2.32. The summed E-state index contributed by atoms with van der Waals surface area (Å²) >= 11 is 0. The van der Waals surface area contributed by atoms with Gasteiger partial charge in [0.1, 0.15) is 0 Å². The van der Waals surface area contributed by atoms with Crippen molar-refractivity contribution in [2.75, 3.05) is 25.5 Å². The molecule has 0 saturated carbocycles. The summed E-state index contributed by atoms with van der Waals surface area (Å²) in [6.45, 7) is 2.43. The molecule has 1 N–H and O–H groups in total. The average molecular weight is 299 g/mol. The number of nitriles is 1. The Bertz CT molecular complexity index is 549. The van der Waals surface area contributed by atoms with E-state index in [0.717, 1.165) is 12.1 Å². The Balaban J connectivity index is 3.17. The summed E-state index contributed by atoms with van der Waals surface area (Å²) in [5.41, 5.74) is -0.576. The molecule has 0 saturated heterocycles. The third kappa shape index (κ3) is 4.38. The summed E-state index contributed by atoms with van der Waals surface area (Å²) in [5, 5.41) is 11.4. The second kappa shape index (κ2) is 6.97. The molecule has 1 aromatic carbocycles. The Morgan fingerprint density at radius 2 is 2.10 bits per heavy atom. The number of amides is 1. The molecular formula is C14H16F3N3O. The predicted molar refractivity (Wildman–Crippen MR) is 72.8 cm³/mol. The van der Waals surface area contributed by atoms with Crippen molar-refractivity contribution in [2.24, 2.45) is 0 Å². The second-order valence-corrected chi connectivity index (χ2v) is 4.42. The van der Waals surface area contributed by atoms with Crippen LogP contribution in [-0.4, -0.2) is 30.9 Å². The van der Waals surface area contributed by atoms with E-state index in [1.807, 2.05) is 6.07 Å². The van der Waals surface area contributed by atoms with Crippen molar-refractivity contribution in [3.05, 3.63) is 29.3 Å². The van der Waals surface area contributed by atoms with Crippen LogP contribution < -0.4 is 5.32 Å². The molecule has 1 rings (SSSR count). The van der Waals surface area contributed by atoms with E-state index in [-0.39, 0.29) is 18.5 Å². The zero-order valence-electron chi connectivity index (χ0n) is 11.8. The van der Waals surface area contributed by atoms with E-state index < -0.39 is 17.6 Å². The SMILES string of the molecule is CCNc1ccc(C(F)(F)F)cc1C(=O)N(C)CCC#N. The summed E-state index contributed by atoms with van der Waals surface area (Å²) in [6, 6.07) is 4.91. The first kappa shape index (κ1) is 16.8. The van der Waals surface area contributed by atoms with Gasteiger partial charge in [-0.15, -0.1) is 0 Å². The van der Waals surface area contributed by atoms with Crippen LogP contribution in [0, 0.1) is 11.3 Å². The van der Waals surface area contributed by atoms with Gasteiger partial charge in [0.2, 0.25) is 0 Å². The van der Waals surface area contributed by atoms with Gasteiger partial charge in [0.15, 0.2) is 0 Å². The van der Waals surface area contributed by atoms with Crippen molar-refractivity contribution in [3.8, 4) is 6.07 Å². The number of nitrogens with one attached hydrogen (secondary N) is 1. The normalized spacial score (nSPS) is 10.9. The molecule has 7 heteroatoms. The molecule has 1 aromatic rings. The van der Waals surface area contributed by atoms with E-state index in [0.29, 0.717) is 12.2 Å². The highest BCUT2D eigenvalue weighted by molar-refractivity contribution is 5.99. The largest absolute Gasteiger partial charge is 0.416 e. The number of benzene rings is 1. The molecule has 0 aromatic heterocycles. The Hall–Kier alpha value is -2.23. The summed E-state index contributed by atoms with van der Waals surface area (Å²) in [6.07, 6.45) is -4.39. The Morgan fingerprint density at radius 3 is 2.62 bits per heavy atom. The van der Waals surface area contributed by atoms with Crippen LogP contribution in [0.3, 0.4) is 0 Å². The molecule has 0 spiro atoms. The zero-order valence-corrected chi connectivity index (χ0v) is 11.8. The van der Waals surface area contributed by atoms with E-state index in [4.69, 9.17) is 5.26 Å². The van der Waals surface area contributed by atoms with E-state index in [1.54, 1.807) is 6.92 Å². The Labute approximate surface area is 121 Å². The molecular weight excluding hydrogens is 283 g/mol. The van der Waals surface area contributed by atoms with Crippen LogP contribution in [0.2, 0.25) is 0 Å². The van der Waals surface area contributed by atoms with Crippen LogP contribution in [-0.2, 0) is 6.18 Å². The number of halogens is 3. The first-order chi connectivity index (χ1) is 9.81. The maximum absolute atomic E-state index is 12.8. The van der Waals surface area contributed by atoms with Crippen LogP contribution in [0.15, 0.2) is 18.2 Å². The summed E-state index contributed by atoms with van der Waals surface area (Å²) in [5.74, 6) is -0.549. The lowest BCUT2D eigenvalue weighted by molar-refractivity contribution is -0.137. The monoisotopic (exact) mass is 299 g/mol. The van der Waals surface area contributed by atoms with Crippen molar-refractivity contribution < 1.29 is 18.0 Å². The van der Waals surface area contributed by atoms with Gasteiger partial charge < -0.3 is 10.2 Å². The van der Waals surface area contributed by atoms with E-state index in [2.05, 4.69) is 5.32 Å². The number of rotatable bonds is 5. The minimum Gasteiger partial charge on any atom is -0.385 e. The van der Waals surface area contributed by atoms with Gasteiger partial charge in [0.25, 0.3) is 5.91 Å². The Morgan fingerprint density at radius 1 is 1.43 bits per heavy atom. The van der Waals surface area contributed by atoms with Crippen LogP contribution in [0.1, 0.15) is 29.3 Å². The summed E-state index contributed by atoms with van der Waals surface area (Å²) < 4.78 is 38.3. The molecule has 0 fully saturated rings. The maximum Gasteiger partial charge on any atom is 0.416 e. The Kier molecular flexibility index (Phi) is 5.59. The third-order valence-electron chi connectivity index (χ3n) is 2.85. The van der Waals surface area contributed by atoms with Gasteiger partial charge >= 0.3 is 6.18 Å². The van der Waals surface area contributed by atoms with Gasteiger partial charge in [-0.05, 0) is 25.1 Å². The smallest absolute Gasteiger partial charge is 0.385 e. The predicted octanol–water partition coefficient (Wildman–Crippen LogP) is 3.12. The van der Waals surface area contributed by atoms with Crippen molar-refractivity contribution in [1.82, 2.24) is 4.90 Å². The molecule has 21 heavy (non-hydrogen) atoms. The molecule has 0 unspecified atom stereocenters. The number of anilines is 1. The molecule has 0 aliphatic carbocycles. The molecule has 0 radical (unpaired) electrons. The average Bonchev–Trinajstić information content (AvgIpc) is 2.43. The lowest BCUT2D eigenvalue weighted by Crippen LogP contribution is -2.28. The first-order valence-corrected chi connectivity index (χ1v) is 6.38. The number of carbonyl (C=O) groups excluding carboxylic acids is 1. The molecule has 0 aliphatic rings. The fourth-order valence-electron chi connectivity index (χ4n) is 1.77. The fraction of sp³-hybridized carbons (Fsp3) is 0.429. The summed E-state index contributed by atoms with van der Waals surface area (Å²) in [4.78, 5) is 13.5.